The topological polar surface area (TPSA) is 75.7 Å². The van der Waals surface area contributed by atoms with E-state index in [9.17, 15) is 18.8 Å². The monoisotopic (exact) mass is 424 g/mol. The Bertz CT molecular complexity index is 1040. The van der Waals surface area contributed by atoms with Gasteiger partial charge in [0.15, 0.2) is 6.61 Å². The van der Waals surface area contributed by atoms with Crippen molar-refractivity contribution in [1.29, 1.82) is 0 Å². The van der Waals surface area contributed by atoms with Crippen molar-refractivity contribution in [3.8, 4) is 0 Å². The van der Waals surface area contributed by atoms with Crippen molar-refractivity contribution in [2.75, 3.05) is 16.8 Å². The van der Waals surface area contributed by atoms with Crippen LogP contribution in [0.5, 0.6) is 0 Å². The molecule has 1 fully saturated rings. The van der Waals surface area contributed by atoms with Crippen LogP contribution < -0.4 is 10.2 Å². The molecular weight excluding hydrogens is 399 g/mol. The van der Waals surface area contributed by atoms with E-state index in [1.165, 1.54) is 17.0 Å². The Kier molecular flexibility index (Phi) is 5.29. The molecule has 1 aliphatic carbocycles. The zero-order chi connectivity index (χ0) is 22.2. The standard InChI is InChI=1S/C24H25FN2O4/c1-23(2)21(29)26-18-10-3-4-11-19(18)27(23)20(28)15-31-22(30)24(12-5-6-13-24)16-8-7-9-17(25)14-16/h3-4,7-11,14H,5-6,12-13,15H2,1-2H3,(H,26,29). The van der Waals surface area contributed by atoms with Gasteiger partial charge in [0.05, 0.1) is 16.8 Å². The quantitative estimate of drug-likeness (QED) is 0.755. The highest BCUT2D eigenvalue weighted by atomic mass is 19.1. The number of para-hydroxylation sites is 2. The Morgan fingerprint density at radius 1 is 1.10 bits per heavy atom. The third-order valence-electron chi connectivity index (χ3n) is 6.31. The van der Waals surface area contributed by atoms with E-state index in [0.717, 1.165) is 12.8 Å². The zero-order valence-corrected chi connectivity index (χ0v) is 17.6. The minimum Gasteiger partial charge on any atom is -0.455 e. The molecule has 6 nitrogen and oxygen atoms in total. The first kappa shape index (κ1) is 21.0. The van der Waals surface area contributed by atoms with E-state index in [2.05, 4.69) is 5.32 Å². The van der Waals surface area contributed by atoms with E-state index in [0.29, 0.717) is 29.8 Å². The van der Waals surface area contributed by atoms with E-state index in [1.807, 2.05) is 0 Å². The minimum absolute atomic E-state index is 0.321. The molecule has 4 rings (SSSR count). The molecular formula is C24H25FN2O4. The number of ether oxygens (including phenoxy) is 1. The number of amides is 2. The summed E-state index contributed by atoms with van der Waals surface area (Å²) < 4.78 is 19.3. The Morgan fingerprint density at radius 2 is 1.81 bits per heavy atom. The van der Waals surface area contributed by atoms with E-state index in [4.69, 9.17) is 4.74 Å². The second-order valence-corrected chi connectivity index (χ2v) is 8.64. The highest BCUT2D eigenvalue weighted by Crippen LogP contribution is 2.42. The van der Waals surface area contributed by atoms with Crippen LogP contribution in [-0.2, 0) is 24.5 Å². The van der Waals surface area contributed by atoms with Gasteiger partial charge in [-0.3, -0.25) is 19.3 Å². The molecule has 31 heavy (non-hydrogen) atoms. The second-order valence-electron chi connectivity index (χ2n) is 8.64. The molecule has 7 heteroatoms. The molecule has 1 saturated carbocycles. The van der Waals surface area contributed by atoms with Crippen LogP contribution in [0.15, 0.2) is 48.5 Å². The van der Waals surface area contributed by atoms with Crippen LogP contribution in [0.2, 0.25) is 0 Å². The molecule has 1 N–H and O–H groups in total. The SMILES string of the molecule is CC1(C)C(=O)Nc2ccccc2N1C(=O)COC(=O)C1(c2cccc(F)c2)CCCC1. The Hall–Kier alpha value is -3.22. The van der Waals surface area contributed by atoms with Crippen LogP contribution in [0.3, 0.4) is 0 Å². The fourth-order valence-corrected chi connectivity index (χ4v) is 4.60. The number of nitrogens with one attached hydrogen (secondary N) is 1. The first-order valence-corrected chi connectivity index (χ1v) is 10.4. The molecule has 1 aliphatic heterocycles. The number of hydrogen-bond donors (Lipinski definition) is 1. The zero-order valence-electron chi connectivity index (χ0n) is 17.6. The van der Waals surface area contributed by atoms with Crippen molar-refractivity contribution in [3.05, 3.63) is 59.9 Å². The maximum atomic E-state index is 13.8. The molecule has 0 bridgehead atoms. The van der Waals surface area contributed by atoms with Crippen molar-refractivity contribution in [1.82, 2.24) is 0 Å². The molecule has 2 aromatic rings. The minimum atomic E-state index is -1.15. The molecule has 1 heterocycles. The van der Waals surface area contributed by atoms with Gasteiger partial charge in [0.2, 0.25) is 5.91 Å². The van der Waals surface area contributed by atoms with Gasteiger partial charge >= 0.3 is 5.97 Å². The maximum Gasteiger partial charge on any atom is 0.317 e. The summed E-state index contributed by atoms with van der Waals surface area (Å²) in [6.07, 6.45) is 2.74. The van der Waals surface area contributed by atoms with Crippen LogP contribution in [0.1, 0.15) is 45.1 Å². The molecule has 0 radical (unpaired) electrons. The molecule has 0 unspecified atom stereocenters. The van der Waals surface area contributed by atoms with Gasteiger partial charge in [0.25, 0.3) is 5.91 Å². The number of esters is 1. The number of anilines is 2. The summed E-state index contributed by atoms with van der Waals surface area (Å²) in [6.45, 7) is 2.79. The summed E-state index contributed by atoms with van der Waals surface area (Å²) >= 11 is 0. The summed E-state index contributed by atoms with van der Waals surface area (Å²) in [5, 5.41) is 2.80. The largest absolute Gasteiger partial charge is 0.455 e. The molecule has 2 aromatic carbocycles. The van der Waals surface area contributed by atoms with Crippen molar-refractivity contribution in [3.63, 3.8) is 0 Å². The fourth-order valence-electron chi connectivity index (χ4n) is 4.60. The predicted molar refractivity (Wildman–Crippen MR) is 114 cm³/mol. The first-order chi connectivity index (χ1) is 14.8. The van der Waals surface area contributed by atoms with Crippen LogP contribution in [0, 0.1) is 5.82 Å². The van der Waals surface area contributed by atoms with E-state index in [-0.39, 0.29) is 5.91 Å². The normalized spacial score (nSPS) is 18.8. The Morgan fingerprint density at radius 3 is 2.52 bits per heavy atom. The van der Waals surface area contributed by atoms with Gasteiger partial charge in [0, 0.05) is 0 Å². The number of carbonyl (C=O) groups is 3. The Balaban J connectivity index is 1.56. The average Bonchev–Trinajstić information content (AvgIpc) is 3.24. The molecule has 0 saturated heterocycles. The van der Waals surface area contributed by atoms with Crippen molar-refractivity contribution in [2.45, 2.75) is 50.5 Å². The van der Waals surface area contributed by atoms with Gasteiger partial charge < -0.3 is 10.1 Å². The second kappa shape index (κ2) is 7.80. The number of nitrogens with zero attached hydrogens (tertiary/aromatic N) is 1. The lowest BCUT2D eigenvalue weighted by atomic mass is 9.79. The number of hydrogen-bond acceptors (Lipinski definition) is 4. The first-order valence-electron chi connectivity index (χ1n) is 10.4. The molecule has 0 spiro atoms. The van der Waals surface area contributed by atoms with Crippen molar-refractivity contribution in [2.24, 2.45) is 0 Å². The maximum absolute atomic E-state index is 13.8. The number of carbonyl (C=O) groups excluding carboxylic acids is 3. The lowest BCUT2D eigenvalue weighted by molar-refractivity contribution is -0.154. The van der Waals surface area contributed by atoms with E-state index in [1.54, 1.807) is 50.2 Å². The van der Waals surface area contributed by atoms with E-state index >= 15 is 0 Å². The summed E-state index contributed by atoms with van der Waals surface area (Å²) in [7, 11) is 0. The van der Waals surface area contributed by atoms with Gasteiger partial charge in [0.1, 0.15) is 11.4 Å². The predicted octanol–water partition coefficient (Wildman–Crippen LogP) is 3.94. The number of rotatable bonds is 4. The number of benzene rings is 2. The number of halogens is 1. The van der Waals surface area contributed by atoms with Gasteiger partial charge in [-0.2, -0.15) is 0 Å². The van der Waals surface area contributed by atoms with Gasteiger partial charge in [-0.05, 0) is 56.5 Å². The number of fused-ring (bicyclic) bond motifs is 1. The lowest BCUT2D eigenvalue weighted by Gasteiger charge is -2.42. The molecule has 0 aromatic heterocycles. The van der Waals surface area contributed by atoms with Crippen molar-refractivity contribution >= 4 is 29.2 Å². The highest BCUT2D eigenvalue weighted by molar-refractivity contribution is 6.14. The third-order valence-corrected chi connectivity index (χ3v) is 6.31. The highest BCUT2D eigenvalue weighted by Gasteiger charge is 2.46. The van der Waals surface area contributed by atoms with Gasteiger partial charge in [-0.15, -0.1) is 0 Å². The molecule has 0 atom stereocenters. The Labute approximate surface area is 180 Å². The molecule has 2 amide bonds. The van der Waals surface area contributed by atoms with Gasteiger partial charge in [-0.25, -0.2) is 4.39 Å². The summed E-state index contributed by atoms with van der Waals surface area (Å²) in [4.78, 5) is 40.2. The molecule has 2 aliphatic rings. The smallest absolute Gasteiger partial charge is 0.317 e. The fraction of sp³-hybridized carbons (Fsp3) is 0.375. The van der Waals surface area contributed by atoms with Crippen molar-refractivity contribution < 1.29 is 23.5 Å². The van der Waals surface area contributed by atoms with Crippen LogP contribution in [-0.4, -0.2) is 29.9 Å². The van der Waals surface area contributed by atoms with Gasteiger partial charge in [-0.1, -0.05) is 37.1 Å². The summed E-state index contributed by atoms with van der Waals surface area (Å²) in [6, 6.07) is 13.0. The van der Waals surface area contributed by atoms with Crippen LogP contribution >= 0.6 is 0 Å². The van der Waals surface area contributed by atoms with Crippen LogP contribution in [0.25, 0.3) is 0 Å². The summed E-state index contributed by atoms with van der Waals surface area (Å²) in [5.74, 6) is -1.76. The molecule has 162 valence electrons. The summed E-state index contributed by atoms with van der Waals surface area (Å²) in [5.41, 5.74) is -0.446. The van der Waals surface area contributed by atoms with Crippen LogP contribution in [0.4, 0.5) is 15.8 Å². The van der Waals surface area contributed by atoms with E-state index < -0.39 is 35.3 Å². The lowest BCUT2D eigenvalue weighted by Crippen LogP contribution is -2.59. The third kappa shape index (κ3) is 3.58. The average molecular weight is 424 g/mol.